The molecule has 1 heterocycles. The Hall–Kier alpha value is -1.76. The fraction of sp³-hybridized carbons (Fsp3) is 0.533. The second-order valence-corrected chi connectivity index (χ2v) is 5.32. The smallest absolute Gasteiger partial charge is 0.419 e. The third-order valence-electron chi connectivity index (χ3n) is 3.78. The van der Waals surface area contributed by atoms with Gasteiger partial charge in [-0.3, -0.25) is 4.79 Å². The normalized spacial score (nSPS) is 20.0. The molecule has 2 N–H and O–H groups in total. The minimum Gasteiger partial charge on any atom is -0.480 e. The van der Waals surface area contributed by atoms with Crippen molar-refractivity contribution >= 4 is 5.91 Å². The molecule has 2 unspecified atom stereocenters. The van der Waals surface area contributed by atoms with Gasteiger partial charge in [-0.05, 0) is 31.9 Å². The summed E-state index contributed by atoms with van der Waals surface area (Å²) in [5, 5.41) is 0. The molecule has 1 saturated heterocycles. The Kier molecular flexibility index (Phi) is 4.95. The Labute approximate surface area is 127 Å². The number of carbonyl (C=O) groups excluding carboxylic acids is 1. The maximum Gasteiger partial charge on any atom is 0.419 e. The Bertz CT molecular complexity index is 534. The number of benzene rings is 1. The van der Waals surface area contributed by atoms with Gasteiger partial charge in [0.2, 0.25) is 0 Å². The Morgan fingerprint density at radius 2 is 2.14 bits per heavy atom. The number of nitrogens with zero attached hydrogens (tertiary/aromatic N) is 1. The van der Waals surface area contributed by atoms with E-state index in [0.29, 0.717) is 13.1 Å². The topological polar surface area (TPSA) is 55.6 Å². The van der Waals surface area contributed by atoms with E-state index in [1.54, 1.807) is 4.90 Å². The van der Waals surface area contributed by atoms with Gasteiger partial charge in [0.05, 0.1) is 5.56 Å². The maximum atomic E-state index is 12.9. The van der Waals surface area contributed by atoms with Crippen LogP contribution in [0.25, 0.3) is 0 Å². The van der Waals surface area contributed by atoms with Crippen molar-refractivity contribution in [3.63, 3.8) is 0 Å². The number of likely N-dealkylation sites (tertiary alicyclic amines) is 1. The summed E-state index contributed by atoms with van der Waals surface area (Å²) in [5.41, 5.74) is 4.73. The molecule has 2 rings (SSSR count). The molecule has 1 amide bonds. The van der Waals surface area contributed by atoms with Gasteiger partial charge in [-0.2, -0.15) is 13.2 Å². The zero-order chi connectivity index (χ0) is 16.3. The van der Waals surface area contributed by atoms with E-state index in [4.69, 9.17) is 10.5 Å². The van der Waals surface area contributed by atoms with Gasteiger partial charge in [-0.25, -0.2) is 0 Å². The summed E-state index contributed by atoms with van der Waals surface area (Å²) in [6.45, 7) is 2.37. The number of rotatable bonds is 4. The minimum atomic E-state index is -4.52. The third kappa shape index (κ3) is 3.52. The predicted molar refractivity (Wildman–Crippen MR) is 75.3 cm³/mol. The average Bonchev–Trinajstić information content (AvgIpc) is 2.94. The molecule has 22 heavy (non-hydrogen) atoms. The van der Waals surface area contributed by atoms with Crippen LogP contribution in [0.4, 0.5) is 13.2 Å². The Morgan fingerprint density at radius 1 is 1.45 bits per heavy atom. The molecule has 0 spiro atoms. The molecule has 0 radical (unpaired) electrons. The van der Waals surface area contributed by atoms with Gasteiger partial charge in [0.1, 0.15) is 5.75 Å². The number of nitrogens with two attached hydrogens (primary N) is 1. The average molecular weight is 316 g/mol. The molecular weight excluding hydrogens is 297 g/mol. The Morgan fingerprint density at radius 3 is 2.77 bits per heavy atom. The lowest BCUT2D eigenvalue weighted by molar-refractivity contribution is -0.143. The number of halogens is 3. The molecule has 4 nitrogen and oxygen atoms in total. The fourth-order valence-electron chi connectivity index (χ4n) is 2.65. The van der Waals surface area contributed by atoms with Gasteiger partial charge in [0.15, 0.2) is 6.10 Å². The molecule has 1 aromatic carbocycles. The highest BCUT2D eigenvalue weighted by Gasteiger charge is 2.36. The van der Waals surface area contributed by atoms with Crippen LogP contribution in [0.3, 0.4) is 0 Å². The van der Waals surface area contributed by atoms with Crippen LogP contribution in [0.2, 0.25) is 0 Å². The van der Waals surface area contributed by atoms with Crippen LogP contribution >= 0.6 is 0 Å². The first kappa shape index (κ1) is 16.6. The summed E-state index contributed by atoms with van der Waals surface area (Å²) in [4.78, 5) is 13.9. The van der Waals surface area contributed by atoms with Gasteiger partial charge in [0, 0.05) is 19.1 Å². The van der Waals surface area contributed by atoms with Crippen molar-refractivity contribution in [2.75, 3.05) is 13.1 Å². The first-order valence-electron chi connectivity index (χ1n) is 7.18. The molecule has 1 aromatic rings. The number of carbonyl (C=O) groups is 1. The molecule has 1 aliphatic rings. The monoisotopic (exact) mass is 316 g/mol. The number of ether oxygens (including phenoxy) is 1. The first-order valence-corrected chi connectivity index (χ1v) is 7.18. The van der Waals surface area contributed by atoms with Gasteiger partial charge in [-0.15, -0.1) is 0 Å². The third-order valence-corrected chi connectivity index (χ3v) is 3.78. The SMILES string of the molecule is CC(Oc1ccccc1C(F)(F)F)C(=O)N1CCCC1CN. The van der Waals surface area contributed by atoms with Gasteiger partial charge >= 0.3 is 6.18 Å². The summed E-state index contributed by atoms with van der Waals surface area (Å²) in [6.07, 6.45) is -3.85. The van der Waals surface area contributed by atoms with Gasteiger partial charge in [-0.1, -0.05) is 12.1 Å². The van der Waals surface area contributed by atoms with Crippen molar-refractivity contribution < 1.29 is 22.7 Å². The standard InChI is InChI=1S/C15H19F3N2O2/c1-10(14(21)20-8-4-5-11(20)9-19)22-13-7-3-2-6-12(13)15(16,17)18/h2-3,6-7,10-11H,4-5,8-9,19H2,1H3. The van der Waals surface area contributed by atoms with Crippen LogP contribution < -0.4 is 10.5 Å². The number of alkyl halides is 3. The van der Waals surface area contributed by atoms with E-state index in [0.717, 1.165) is 18.9 Å². The molecule has 0 bridgehead atoms. The number of hydrogen-bond donors (Lipinski definition) is 1. The van der Waals surface area contributed by atoms with E-state index in [1.165, 1.54) is 25.1 Å². The largest absolute Gasteiger partial charge is 0.480 e. The van der Waals surface area contributed by atoms with Crippen LogP contribution in [0, 0.1) is 0 Å². The van der Waals surface area contributed by atoms with Crippen LogP contribution in [0.15, 0.2) is 24.3 Å². The second kappa shape index (κ2) is 6.56. The first-order chi connectivity index (χ1) is 10.3. The quantitative estimate of drug-likeness (QED) is 0.928. The molecule has 1 fully saturated rings. The van der Waals surface area contributed by atoms with E-state index in [9.17, 15) is 18.0 Å². The lowest BCUT2D eigenvalue weighted by atomic mass is 10.2. The predicted octanol–water partition coefficient (Wildman–Crippen LogP) is 2.42. The summed E-state index contributed by atoms with van der Waals surface area (Å²) in [7, 11) is 0. The van der Waals surface area contributed by atoms with E-state index in [1.807, 2.05) is 0 Å². The lowest BCUT2D eigenvalue weighted by Gasteiger charge is -2.27. The summed E-state index contributed by atoms with van der Waals surface area (Å²) in [5.74, 6) is -0.663. The van der Waals surface area contributed by atoms with Gasteiger partial charge in [0.25, 0.3) is 5.91 Å². The van der Waals surface area contributed by atoms with Crippen molar-refractivity contribution in [2.24, 2.45) is 5.73 Å². The zero-order valence-electron chi connectivity index (χ0n) is 12.3. The zero-order valence-corrected chi connectivity index (χ0v) is 12.3. The van der Waals surface area contributed by atoms with Gasteiger partial charge < -0.3 is 15.4 Å². The molecule has 0 aliphatic carbocycles. The van der Waals surface area contributed by atoms with Crippen molar-refractivity contribution in [3.05, 3.63) is 29.8 Å². The van der Waals surface area contributed by atoms with Crippen LogP contribution in [0.5, 0.6) is 5.75 Å². The summed E-state index contributed by atoms with van der Waals surface area (Å²) < 4.78 is 44.1. The minimum absolute atomic E-state index is 0.0589. The second-order valence-electron chi connectivity index (χ2n) is 5.32. The lowest BCUT2D eigenvalue weighted by Crippen LogP contribution is -2.45. The maximum absolute atomic E-state index is 12.9. The fourth-order valence-corrected chi connectivity index (χ4v) is 2.65. The van der Waals surface area contributed by atoms with E-state index in [2.05, 4.69) is 0 Å². The molecule has 0 saturated carbocycles. The van der Waals surface area contributed by atoms with E-state index >= 15 is 0 Å². The molecular formula is C15H19F3N2O2. The van der Waals surface area contributed by atoms with Crippen molar-refractivity contribution in [1.29, 1.82) is 0 Å². The highest BCUT2D eigenvalue weighted by molar-refractivity contribution is 5.81. The number of amides is 1. The van der Waals surface area contributed by atoms with Crippen molar-refractivity contribution in [1.82, 2.24) is 4.90 Å². The van der Waals surface area contributed by atoms with Crippen molar-refractivity contribution in [3.8, 4) is 5.75 Å². The highest BCUT2D eigenvalue weighted by Crippen LogP contribution is 2.36. The summed E-state index contributed by atoms with van der Waals surface area (Å²) in [6, 6.07) is 4.83. The molecule has 1 aliphatic heterocycles. The van der Waals surface area contributed by atoms with Crippen molar-refractivity contribution in [2.45, 2.75) is 38.1 Å². The summed E-state index contributed by atoms with van der Waals surface area (Å²) >= 11 is 0. The van der Waals surface area contributed by atoms with E-state index < -0.39 is 17.8 Å². The number of hydrogen-bond acceptors (Lipinski definition) is 3. The molecule has 122 valence electrons. The Balaban J connectivity index is 2.12. The van der Waals surface area contributed by atoms with Crippen LogP contribution in [0.1, 0.15) is 25.3 Å². The molecule has 2 atom stereocenters. The van der Waals surface area contributed by atoms with Crippen LogP contribution in [-0.4, -0.2) is 36.0 Å². The number of para-hydroxylation sites is 1. The molecule has 0 aromatic heterocycles. The van der Waals surface area contributed by atoms with E-state index in [-0.39, 0.29) is 17.7 Å². The highest BCUT2D eigenvalue weighted by atomic mass is 19.4. The van der Waals surface area contributed by atoms with Crippen LogP contribution in [-0.2, 0) is 11.0 Å². The molecule has 7 heteroatoms.